The normalized spacial score (nSPS) is 10.8. The van der Waals surface area contributed by atoms with Crippen molar-refractivity contribution in [2.45, 2.75) is 33.7 Å². The highest BCUT2D eigenvalue weighted by atomic mass is 35.5. The molecule has 27 heavy (non-hydrogen) atoms. The minimum absolute atomic E-state index is 0.172. The van der Waals surface area contributed by atoms with Crippen LogP contribution < -0.4 is 0 Å². The zero-order valence-electron chi connectivity index (χ0n) is 15.8. The molecule has 5 nitrogen and oxygen atoms in total. The molecular formula is C21H23ClN4O. The van der Waals surface area contributed by atoms with Crippen LogP contribution in [0, 0.1) is 13.8 Å². The molecule has 0 radical (unpaired) electrons. The number of hydrogen-bond acceptors (Lipinski definition) is 3. The predicted molar refractivity (Wildman–Crippen MR) is 107 cm³/mol. The Bertz CT molecular complexity index is 937. The van der Waals surface area contributed by atoms with Crippen molar-refractivity contribution in [2.24, 2.45) is 0 Å². The summed E-state index contributed by atoms with van der Waals surface area (Å²) in [6, 6.07) is 15.4. The summed E-state index contributed by atoms with van der Waals surface area (Å²) in [5, 5.41) is 4.79. The summed E-state index contributed by atoms with van der Waals surface area (Å²) in [6.45, 7) is 7.09. The van der Waals surface area contributed by atoms with Crippen LogP contribution in [0.5, 0.6) is 0 Å². The summed E-state index contributed by atoms with van der Waals surface area (Å²) in [4.78, 5) is 19.5. The molecule has 0 unspecified atom stereocenters. The maximum atomic E-state index is 13.2. The molecule has 0 aliphatic rings. The first kappa shape index (κ1) is 19.1. The smallest absolute Gasteiger partial charge is 0.274 e. The Morgan fingerprint density at radius 3 is 2.52 bits per heavy atom. The third kappa shape index (κ3) is 4.37. The Hall–Kier alpha value is -2.66. The lowest BCUT2D eigenvalue weighted by Gasteiger charge is -2.22. The van der Waals surface area contributed by atoms with E-state index in [1.807, 2.05) is 57.2 Å². The van der Waals surface area contributed by atoms with Gasteiger partial charge in [-0.1, -0.05) is 48.9 Å². The molecule has 0 saturated heterocycles. The second kappa shape index (κ2) is 8.35. The van der Waals surface area contributed by atoms with Crippen LogP contribution in [0.15, 0.2) is 48.5 Å². The zero-order chi connectivity index (χ0) is 19.4. The topological polar surface area (TPSA) is 51.0 Å². The molecule has 0 aliphatic carbocycles. The number of carbonyl (C=O) groups is 1. The molecule has 2 aromatic heterocycles. The molecule has 0 aliphatic heterocycles. The number of hydrogen-bond donors (Lipinski definition) is 0. The van der Waals surface area contributed by atoms with Gasteiger partial charge in [-0.25, -0.2) is 9.67 Å². The lowest BCUT2D eigenvalue weighted by molar-refractivity contribution is 0.0737. The lowest BCUT2D eigenvalue weighted by atomic mass is 10.2. The van der Waals surface area contributed by atoms with Crippen molar-refractivity contribution in [3.63, 3.8) is 0 Å². The van der Waals surface area contributed by atoms with Crippen molar-refractivity contribution in [3.05, 3.63) is 76.2 Å². The van der Waals surface area contributed by atoms with E-state index in [4.69, 9.17) is 11.6 Å². The van der Waals surface area contributed by atoms with E-state index >= 15 is 0 Å². The lowest BCUT2D eigenvalue weighted by Crippen LogP contribution is -2.32. The van der Waals surface area contributed by atoms with Gasteiger partial charge in [-0.05, 0) is 44.0 Å². The minimum atomic E-state index is -0.172. The first-order valence-electron chi connectivity index (χ1n) is 9.03. The maximum absolute atomic E-state index is 13.2. The van der Waals surface area contributed by atoms with Crippen molar-refractivity contribution < 1.29 is 4.79 Å². The Labute approximate surface area is 164 Å². The molecule has 140 valence electrons. The second-order valence-electron chi connectivity index (χ2n) is 6.55. The number of rotatable bonds is 6. The van der Waals surface area contributed by atoms with Crippen molar-refractivity contribution >= 4 is 17.5 Å². The number of aryl methyl sites for hydroxylation is 2. The zero-order valence-corrected chi connectivity index (χ0v) is 16.6. The van der Waals surface area contributed by atoms with Gasteiger partial charge in [0.25, 0.3) is 5.91 Å². The number of carbonyl (C=O) groups excluding carboxylic acids is 1. The van der Waals surface area contributed by atoms with E-state index in [9.17, 15) is 4.79 Å². The van der Waals surface area contributed by atoms with E-state index in [0.29, 0.717) is 23.9 Å². The number of pyridine rings is 1. The van der Waals surface area contributed by atoms with Crippen LogP contribution in [0.3, 0.4) is 0 Å². The van der Waals surface area contributed by atoms with Gasteiger partial charge in [0.05, 0.1) is 10.7 Å². The first-order valence-corrected chi connectivity index (χ1v) is 9.40. The first-order chi connectivity index (χ1) is 13.0. The highest BCUT2D eigenvalue weighted by Gasteiger charge is 2.21. The van der Waals surface area contributed by atoms with Crippen LogP contribution in [0.1, 0.15) is 40.8 Å². The summed E-state index contributed by atoms with van der Waals surface area (Å²) in [6.07, 6.45) is 0.855. The van der Waals surface area contributed by atoms with Gasteiger partial charge >= 0.3 is 0 Å². The fraction of sp³-hybridized carbons (Fsp3) is 0.286. The Kier molecular flexibility index (Phi) is 5.91. The number of nitrogens with zero attached hydrogens (tertiary/aromatic N) is 4. The van der Waals surface area contributed by atoms with E-state index in [-0.39, 0.29) is 11.6 Å². The number of benzene rings is 1. The number of halogens is 1. The van der Waals surface area contributed by atoms with Gasteiger partial charge in [-0.2, -0.15) is 5.10 Å². The van der Waals surface area contributed by atoms with E-state index in [2.05, 4.69) is 10.1 Å². The van der Waals surface area contributed by atoms with Gasteiger partial charge in [-0.3, -0.25) is 4.79 Å². The van der Waals surface area contributed by atoms with Gasteiger partial charge in [0, 0.05) is 18.8 Å². The third-order valence-electron chi connectivity index (χ3n) is 4.26. The maximum Gasteiger partial charge on any atom is 0.274 e. The Morgan fingerprint density at radius 2 is 1.89 bits per heavy atom. The molecule has 2 heterocycles. The van der Waals surface area contributed by atoms with Gasteiger partial charge < -0.3 is 4.90 Å². The number of aromatic nitrogens is 3. The average molecular weight is 383 g/mol. The van der Waals surface area contributed by atoms with Crippen molar-refractivity contribution in [3.8, 4) is 5.82 Å². The third-order valence-corrected chi connectivity index (χ3v) is 4.56. The molecule has 0 saturated carbocycles. The SMILES string of the molecule is CCCN(Cc1ccccc1)C(=O)c1nc(-n2nc(C)cc2C)ccc1Cl. The Morgan fingerprint density at radius 1 is 1.15 bits per heavy atom. The molecular weight excluding hydrogens is 360 g/mol. The van der Waals surface area contributed by atoms with Crippen LogP contribution >= 0.6 is 11.6 Å². The van der Waals surface area contributed by atoms with E-state index in [1.165, 1.54) is 0 Å². The van der Waals surface area contributed by atoms with Crippen LogP contribution in [-0.4, -0.2) is 32.1 Å². The molecule has 0 bridgehead atoms. The molecule has 1 amide bonds. The Balaban J connectivity index is 1.94. The molecule has 6 heteroatoms. The van der Waals surface area contributed by atoms with Gasteiger partial charge in [0.2, 0.25) is 0 Å². The van der Waals surface area contributed by atoms with Crippen LogP contribution in [0.4, 0.5) is 0 Å². The second-order valence-corrected chi connectivity index (χ2v) is 6.96. The minimum Gasteiger partial charge on any atom is -0.333 e. The van der Waals surface area contributed by atoms with Crippen molar-refractivity contribution in [2.75, 3.05) is 6.54 Å². The molecule has 3 rings (SSSR count). The molecule has 3 aromatic rings. The van der Waals surface area contributed by atoms with Crippen LogP contribution in [-0.2, 0) is 6.54 Å². The highest BCUT2D eigenvalue weighted by molar-refractivity contribution is 6.33. The van der Waals surface area contributed by atoms with Crippen LogP contribution in [0.25, 0.3) is 5.82 Å². The van der Waals surface area contributed by atoms with Gasteiger partial charge in [-0.15, -0.1) is 0 Å². The molecule has 0 atom stereocenters. The van der Waals surface area contributed by atoms with E-state index < -0.39 is 0 Å². The van der Waals surface area contributed by atoms with Crippen LogP contribution in [0.2, 0.25) is 5.02 Å². The van der Waals surface area contributed by atoms with Crippen molar-refractivity contribution in [1.29, 1.82) is 0 Å². The van der Waals surface area contributed by atoms with E-state index in [1.54, 1.807) is 21.7 Å². The highest BCUT2D eigenvalue weighted by Crippen LogP contribution is 2.20. The quantitative estimate of drug-likeness (QED) is 0.626. The largest absolute Gasteiger partial charge is 0.333 e. The standard InChI is InChI=1S/C21H23ClN4O/c1-4-12-25(14-17-8-6-5-7-9-17)21(27)20-18(22)10-11-19(23-20)26-16(3)13-15(2)24-26/h5-11,13H,4,12,14H2,1-3H3. The van der Waals surface area contributed by atoms with Crippen molar-refractivity contribution in [1.82, 2.24) is 19.7 Å². The average Bonchev–Trinajstić information content (AvgIpc) is 3.00. The summed E-state index contributed by atoms with van der Waals surface area (Å²) in [5.41, 5.74) is 3.18. The molecule has 0 fully saturated rings. The summed E-state index contributed by atoms with van der Waals surface area (Å²) in [5.74, 6) is 0.415. The van der Waals surface area contributed by atoms with E-state index in [0.717, 1.165) is 23.4 Å². The van der Waals surface area contributed by atoms with Gasteiger partial charge in [0.1, 0.15) is 5.69 Å². The molecule has 0 N–H and O–H groups in total. The fourth-order valence-electron chi connectivity index (χ4n) is 3.04. The molecule has 1 aromatic carbocycles. The summed E-state index contributed by atoms with van der Waals surface area (Å²) < 4.78 is 1.73. The fourth-order valence-corrected chi connectivity index (χ4v) is 3.22. The predicted octanol–water partition coefficient (Wildman–Crippen LogP) is 4.59. The number of amides is 1. The van der Waals surface area contributed by atoms with Gasteiger partial charge in [0.15, 0.2) is 5.82 Å². The monoisotopic (exact) mass is 382 g/mol. The summed E-state index contributed by atoms with van der Waals surface area (Å²) >= 11 is 6.33. The summed E-state index contributed by atoms with van der Waals surface area (Å²) in [7, 11) is 0. The molecule has 0 spiro atoms.